The molecule has 2 saturated carbocycles. The lowest BCUT2D eigenvalue weighted by molar-refractivity contribution is 0.692. The fourth-order valence-corrected chi connectivity index (χ4v) is 2.52. The summed E-state index contributed by atoms with van der Waals surface area (Å²) in [6, 6.07) is 2.20. The quantitative estimate of drug-likeness (QED) is 0.803. The minimum Gasteiger partial charge on any atom is -0.368 e. The first-order valence-corrected chi connectivity index (χ1v) is 5.97. The summed E-state index contributed by atoms with van der Waals surface area (Å²) >= 11 is 0. The van der Waals surface area contributed by atoms with Gasteiger partial charge in [0, 0.05) is 23.2 Å². The van der Waals surface area contributed by atoms with Crippen molar-refractivity contribution in [1.82, 2.24) is 9.97 Å². The number of nitrogens with two attached hydrogens (primary N) is 1. The molecule has 0 bridgehead atoms. The zero-order chi connectivity index (χ0) is 10.3. The highest BCUT2D eigenvalue weighted by molar-refractivity contribution is 5.28. The van der Waals surface area contributed by atoms with E-state index < -0.39 is 0 Å². The van der Waals surface area contributed by atoms with Crippen LogP contribution in [0.1, 0.15) is 61.7 Å². The molecule has 0 saturated heterocycles. The Morgan fingerprint density at radius 3 is 2.00 bits per heavy atom. The van der Waals surface area contributed by atoms with Crippen molar-refractivity contribution in [3.05, 3.63) is 17.5 Å². The molecule has 0 aliphatic heterocycles. The third-order valence-corrected chi connectivity index (χ3v) is 3.55. The van der Waals surface area contributed by atoms with Crippen LogP contribution in [-0.2, 0) is 0 Å². The normalized spacial score (nSPS) is 22.1. The van der Waals surface area contributed by atoms with E-state index in [9.17, 15) is 0 Å². The fraction of sp³-hybridized carbons (Fsp3) is 0.667. The molecule has 2 N–H and O–H groups in total. The monoisotopic (exact) mass is 203 g/mol. The Balaban J connectivity index is 1.91. The number of hydrogen-bond acceptors (Lipinski definition) is 3. The Morgan fingerprint density at radius 2 is 1.47 bits per heavy atom. The zero-order valence-corrected chi connectivity index (χ0v) is 8.95. The summed E-state index contributed by atoms with van der Waals surface area (Å²) in [4.78, 5) is 8.73. The molecule has 2 aliphatic carbocycles. The second-order valence-corrected chi connectivity index (χ2v) is 4.83. The first kappa shape index (κ1) is 9.13. The molecule has 0 spiro atoms. The molecular weight excluding hydrogens is 186 g/mol. The highest BCUT2D eigenvalue weighted by Gasteiger charge is 2.27. The number of hydrogen-bond donors (Lipinski definition) is 1. The van der Waals surface area contributed by atoms with Crippen molar-refractivity contribution in [2.24, 2.45) is 0 Å². The van der Waals surface area contributed by atoms with E-state index in [-0.39, 0.29) is 0 Å². The predicted octanol–water partition coefficient (Wildman–Crippen LogP) is 2.59. The molecule has 0 amide bonds. The van der Waals surface area contributed by atoms with E-state index in [1.165, 1.54) is 49.9 Å². The molecular formula is C12H17N3. The van der Waals surface area contributed by atoms with Gasteiger partial charge in [-0.25, -0.2) is 9.97 Å². The van der Waals surface area contributed by atoms with Gasteiger partial charge in [0.2, 0.25) is 5.95 Å². The highest BCUT2D eigenvalue weighted by Crippen LogP contribution is 2.41. The van der Waals surface area contributed by atoms with Crippen molar-refractivity contribution in [3.8, 4) is 0 Å². The first-order valence-electron chi connectivity index (χ1n) is 5.97. The van der Waals surface area contributed by atoms with Crippen molar-refractivity contribution < 1.29 is 0 Å². The van der Waals surface area contributed by atoms with Crippen molar-refractivity contribution in [2.75, 3.05) is 5.73 Å². The standard InChI is InChI=1S/C12H17N3/c13-12-14-10(8-3-1-2-4-8)7-11(15-12)9-5-6-9/h7-9H,1-6H2,(H2,13,14,15). The van der Waals surface area contributed by atoms with Gasteiger partial charge in [0.25, 0.3) is 0 Å². The van der Waals surface area contributed by atoms with Crippen LogP contribution in [0.2, 0.25) is 0 Å². The Hall–Kier alpha value is -1.12. The first-order chi connectivity index (χ1) is 7.33. The molecule has 0 unspecified atom stereocenters. The van der Waals surface area contributed by atoms with Gasteiger partial charge in [-0.05, 0) is 31.7 Å². The maximum atomic E-state index is 5.77. The molecule has 3 nitrogen and oxygen atoms in total. The Morgan fingerprint density at radius 1 is 0.933 bits per heavy atom. The number of nitrogen functional groups attached to an aromatic ring is 1. The van der Waals surface area contributed by atoms with E-state index in [2.05, 4.69) is 16.0 Å². The molecule has 15 heavy (non-hydrogen) atoms. The van der Waals surface area contributed by atoms with E-state index in [1.54, 1.807) is 0 Å². The third kappa shape index (κ3) is 1.83. The summed E-state index contributed by atoms with van der Waals surface area (Å²) in [7, 11) is 0. The largest absolute Gasteiger partial charge is 0.368 e. The van der Waals surface area contributed by atoms with E-state index >= 15 is 0 Å². The summed E-state index contributed by atoms with van der Waals surface area (Å²) in [6.07, 6.45) is 7.79. The summed E-state index contributed by atoms with van der Waals surface area (Å²) in [5.41, 5.74) is 8.15. The minimum atomic E-state index is 0.473. The van der Waals surface area contributed by atoms with Gasteiger partial charge in [-0.2, -0.15) is 0 Å². The lowest BCUT2D eigenvalue weighted by Crippen LogP contribution is -2.05. The molecule has 2 fully saturated rings. The third-order valence-electron chi connectivity index (χ3n) is 3.55. The van der Waals surface area contributed by atoms with Crippen LogP contribution in [0, 0.1) is 0 Å². The molecule has 80 valence electrons. The fourth-order valence-electron chi connectivity index (χ4n) is 2.52. The average Bonchev–Trinajstić information content (AvgIpc) is 2.93. The van der Waals surface area contributed by atoms with Crippen LogP contribution in [0.3, 0.4) is 0 Å². The molecule has 0 radical (unpaired) electrons. The molecule has 0 aromatic carbocycles. The van der Waals surface area contributed by atoms with Gasteiger partial charge in [-0.1, -0.05) is 12.8 Å². The van der Waals surface area contributed by atoms with Gasteiger partial charge in [0.15, 0.2) is 0 Å². The van der Waals surface area contributed by atoms with Crippen LogP contribution in [0.4, 0.5) is 5.95 Å². The molecule has 3 rings (SSSR count). The minimum absolute atomic E-state index is 0.473. The maximum absolute atomic E-state index is 5.77. The lowest BCUT2D eigenvalue weighted by Gasteiger charge is -2.10. The molecule has 1 aromatic heterocycles. The van der Waals surface area contributed by atoms with Gasteiger partial charge >= 0.3 is 0 Å². The topological polar surface area (TPSA) is 51.8 Å². The summed E-state index contributed by atoms with van der Waals surface area (Å²) in [6.45, 7) is 0. The summed E-state index contributed by atoms with van der Waals surface area (Å²) in [5.74, 6) is 1.80. The molecule has 1 aromatic rings. The maximum Gasteiger partial charge on any atom is 0.220 e. The van der Waals surface area contributed by atoms with Crippen molar-refractivity contribution in [2.45, 2.75) is 50.4 Å². The van der Waals surface area contributed by atoms with Gasteiger partial charge in [-0.15, -0.1) is 0 Å². The van der Waals surface area contributed by atoms with Crippen molar-refractivity contribution >= 4 is 5.95 Å². The van der Waals surface area contributed by atoms with Crippen LogP contribution in [-0.4, -0.2) is 9.97 Å². The van der Waals surface area contributed by atoms with E-state index in [0.29, 0.717) is 17.8 Å². The highest BCUT2D eigenvalue weighted by atomic mass is 15.0. The van der Waals surface area contributed by atoms with Crippen molar-refractivity contribution in [1.29, 1.82) is 0 Å². The van der Waals surface area contributed by atoms with Gasteiger partial charge in [0.05, 0.1) is 0 Å². The SMILES string of the molecule is Nc1nc(C2CCCC2)cc(C2CC2)n1. The van der Waals surface area contributed by atoms with E-state index in [1.807, 2.05) is 0 Å². The Labute approximate surface area is 90.1 Å². The van der Waals surface area contributed by atoms with E-state index in [0.717, 1.165) is 0 Å². The summed E-state index contributed by atoms with van der Waals surface area (Å²) < 4.78 is 0. The van der Waals surface area contributed by atoms with Crippen LogP contribution in [0.15, 0.2) is 6.07 Å². The van der Waals surface area contributed by atoms with Crippen LogP contribution >= 0.6 is 0 Å². The lowest BCUT2D eigenvalue weighted by atomic mass is 10.0. The zero-order valence-electron chi connectivity index (χ0n) is 8.95. The predicted molar refractivity (Wildman–Crippen MR) is 59.6 cm³/mol. The second kappa shape index (κ2) is 3.47. The molecule has 1 heterocycles. The Kier molecular flexibility index (Phi) is 2.11. The van der Waals surface area contributed by atoms with Crippen LogP contribution in [0.25, 0.3) is 0 Å². The molecule has 3 heteroatoms. The molecule has 0 atom stereocenters. The number of anilines is 1. The van der Waals surface area contributed by atoms with Crippen LogP contribution < -0.4 is 5.73 Å². The van der Waals surface area contributed by atoms with Crippen LogP contribution in [0.5, 0.6) is 0 Å². The van der Waals surface area contributed by atoms with Crippen molar-refractivity contribution in [3.63, 3.8) is 0 Å². The summed E-state index contributed by atoms with van der Waals surface area (Å²) in [5, 5.41) is 0. The van der Waals surface area contributed by atoms with Gasteiger partial charge in [-0.3, -0.25) is 0 Å². The van der Waals surface area contributed by atoms with Gasteiger partial charge in [0.1, 0.15) is 0 Å². The van der Waals surface area contributed by atoms with Gasteiger partial charge < -0.3 is 5.73 Å². The average molecular weight is 203 g/mol. The smallest absolute Gasteiger partial charge is 0.220 e. The molecule has 2 aliphatic rings. The van der Waals surface area contributed by atoms with E-state index in [4.69, 9.17) is 5.73 Å². The number of rotatable bonds is 2. The second-order valence-electron chi connectivity index (χ2n) is 4.83. The number of aromatic nitrogens is 2. The Bertz CT molecular complexity index is 365. The number of nitrogens with zero attached hydrogens (tertiary/aromatic N) is 2.